The maximum atomic E-state index is 13.1. The van der Waals surface area contributed by atoms with E-state index in [0.29, 0.717) is 12.1 Å². The van der Waals surface area contributed by atoms with Gasteiger partial charge in [-0.25, -0.2) is 0 Å². The van der Waals surface area contributed by atoms with E-state index in [1.165, 1.54) is 5.56 Å². The van der Waals surface area contributed by atoms with Crippen LogP contribution >= 0.6 is 0 Å². The van der Waals surface area contributed by atoms with Crippen molar-refractivity contribution in [2.24, 2.45) is 0 Å². The predicted octanol–water partition coefficient (Wildman–Crippen LogP) is 4.90. The molecule has 0 fully saturated rings. The second-order valence-electron chi connectivity index (χ2n) is 8.08. The van der Waals surface area contributed by atoms with Gasteiger partial charge in [-0.05, 0) is 38.9 Å². The predicted molar refractivity (Wildman–Crippen MR) is 111 cm³/mol. The third kappa shape index (κ3) is 4.04. The number of nitrogens with zero attached hydrogens (tertiary/aromatic N) is 1. The molecule has 0 saturated heterocycles. The Morgan fingerprint density at radius 1 is 0.963 bits per heavy atom. The van der Waals surface area contributed by atoms with Gasteiger partial charge in [0.05, 0.1) is 6.61 Å². The van der Waals surface area contributed by atoms with E-state index in [4.69, 9.17) is 0 Å². The molecule has 0 radical (unpaired) electrons. The highest BCUT2D eigenvalue weighted by molar-refractivity contribution is 6.06. The number of benzene rings is 3. The molecule has 0 unspecified atom stereocenters. The summed E-state index contributed by atoms with van der Waals surface area (Å²) in [4.78, 5) is 14.8. The van der Waals surface area contributed by atoms with Crippen molar-refractivity contribution in [3.05, 3.63) is 82.9 Å². The number of hydrogen-bond acceptors (Lipinski definition) is 2. The first kappa shape index (κ1) is 19.1. The van der Waals surface area contributed by atoms with E-state index in [1.807, 2.05) is 61.6 Å². The van der Waals surface area contributed by atoms with E-state index >= 15 is 0 Å². The second kappa shape index (κ2) is 7.53. The molecule has 0 aromatic heterocycles. The Hall–Kier alpha value is -2.65. The summed E-state index contributed by atoms with van der Waals surface area (Å²) < 4.78 is 0. The molecule has 3 nitrogen and oxygen atoms in total. The number of rotatable bonds is 4. The minimum atomic E-state index is -0.0322. The van der Waals surface area contributed by atoms with Crippen LogP contribution in [0.15, 0.2) is 60.7 Å². The normalized spacial score (nSPS) is 11.6. The van der Waals surface area contributed by atoms with Crippen LogP contribution in [-0.4, -0.2) is 23.0 Å². The Balaban J connectivity index is 1.88. The minimum Gasteiger partial charge on any atom is -0.392 e. The lowest BCUT2D eigenvalue weighted by Gasteiger charge is -2.23. The van der Waals surface area contributed by atoms with Gasteiger partial charge < -0.3 is 10.0 Å². The summed E-state index contributed by atoms with van der Waals surface area (Å²) in [6, 6.07) is 19.9. The van der Waals surface area contributed by atoms with Crippen molar-refractivity contribution < 1.29 is 9.90 Å². The maximum Gasteiger partial charge on any atom is 0.254 e. The summed E-state index contributed by atoms with van der Waals surface area (Å²) in [6.07, 6.45) is 0. The molecule has 0 atom stereocenters. The van der Waals surface area contributed by atoms with Crippen LogP contribution in [0.25, 0.3) is 10.8 Å². The molecule has 0 heterocycles. The zero-order valence-corrected chi connectivity index (χ0v) is 16.5. The standard InChI is InChI=1S/C24H27NO2/c1-24(2,3)20-13-12-18(19(14-20)16-26)15-25(4)23(27)22-11-7-9-17-8-5-6-10-21(17)22/h5-14,26H,15-16H2,1-4H3. The summed E-state index contributed by atoms with van der Waals surface area (Å²) >= 11 is 0. The fourth-order valence-electron chi connectivity index (χ4n) is 3.34. The first-order valence-corrected chi connectivity index (χ1v) is 9.27. The van der Waals surface area contributed by atoms with Gasteiger partial charge in [-0.15, -0.1) is 0 Å². The molecule has 3 aromatic rings. The highest BCUT2D eigenvalue weighted by Crippen LogP contribution is 2.26. The molecule has 1 amide bonds. The summed E-state index contributed by atoms with van der Waals surface area (Å²) in [5.41, 5.74) is 3.75. The van der Waals surface area contributed by atoms with Crippen LogP contribution < -0.4 is 0 Å². The van der Waals surface area contributed by atoms with Crippen LogP contribution in [0.4, 0.5) is 0 Å². The monoisotopic (exact) mass is 361 g/mol. The number of fused-ring (bicyclic) bond motifs is 1. The Morgan fingerprint density at radius 2 is 1.67 bits per heavy atom. The van der Waals surface area contributed by atoms with Crippen molar-refractivity contribution in [1.29, 1.82) is 0 Å². The molecular weight excluding hydrogens is 334 g/mol. The number of aliphatic hydroxyl groups excluding tert-OH is 1. The van der Waals surface area contributed by atoms with Crippen molar-refractivity contribution in [3.8, 4) is 0 Å². The summed E-state index contributed by atoms with van der Waals surface area (Å²) in [5.74, 6) is -0.0180. The molecule has 3 heteroatoms. The molecular formula is C24H27NO2. The molecule has 0 spiro atoms. The van der Waals surface area contributed by atoms with Crippen molar-refractivity contribution >= 4 is 16.7 Å². The van der Waals surface area contributed by atoms with E-state index in [0.717, 1.165) is 21.9 Å². The highest BCUT2D eigenvalue weighted by atomic mass is 16.3. The molecule has 3 rings (SSSR count). The third-order valence-electron chi connectivity index (χ3n) is 5.02. The molecule has 0 aliphatic carbocycles. The zero-order chi connectivity index (χ0) is 19.6. The first-order chi connectivity index (χ1) is 12.8. The number of hydrogen-bond donors (Lipinski definition) is 1. The van der Waals surface area contributed by atoms with Crippen molar-refractivity contribution in [1.82, 2.24) is 4.90 Å². The lowest BCUT2D eigenvalue weighted by Crippen LogP contribution is -2.27. The van der Waals surface area contributed by atoms with Crippen LogP contribution in [0, 0.1) is 0 Å². The smallest absolute Gasteiger partial charge is 0.254 e. The molecule has 0 aliphatic rings. The molecule has 0 bridgehead atoms. The topological polar surface area (TPSA) is 40.5 Å². The zero-order valence-electron chi connectivity index (χ0n) is 16.5. The summed E-state index contributed by atoms with van der Waals surface area (Å²) in [5, 5.41) is 11.8. The third-order valence-corrected chi connectivity index (χ3v) is 5.02. The molecule has 0 aliphatic heterocycles. The van der Waals surface area contributed by atoms with Crippen molar-refractivity contribution in [2.45, 2.75) is 39.3 Å². The Labute approximate surface area is 161 Å². The van der Waals surface area contributed by atoms with E-state index in [-0.39, 0.29) is 17.9 Å². The molecule has 3 aromatic carbocycles. The van der Waals surface area contributed by atoms with Crippen LogP contribution in [0.2, 0.25) is 0 Å². The minimum absolute atomic E-state index is 0.0180. The van der Waals surface area contributed by atoms with Gasteiger partial charge in [0.2, 0.25) is 0 Å². The van der Waals surface area contributed by atoms with E-state index in [9.17, 15) is 9.90 Å². The van der Waals surface area contributed by atoms with Crippen LogP contribution in [0.5, 0.6) is 0 Å². The Morgan fingerprint density at radius 3 is 2.37 bits per heavy atom. The lowest BCUT2D eigenvalue weighted by atomic mass is 9.85. The lowest BCUT2D eigenvalue weighted by molar-refractivity contribution is 0.0786. The van der Waals surface area contributed by atoms with Crippen LogP contribution in [0.1, 0.15) is 47.8 Å². The first-order valence-electron chi connectivity index (χ1n) is 9.27. The van der Waals surface area contributed by atoms with Gasteiger partial charge in [-0.2, -0.15) is 0 Å². The largest absolute Gasteiger partial charge is 0.392 e. The Bertz CT molecular complexity index is 964. The number of aliphatic hydroxyl groups is 1. The second-order valence-corrected chi connectivity index (χ2v) is 8.08. The molecule has 0 saturated carbocycles. The average Bonchev–Trinajstić information content (AvgIpc) is 2.66. The van der Waals surface area contributed by atoms with Gasteiger partial charge in [-0.3, -0.25) is 4.79 Å². The number of carbonyl (C=O) groups is 1. The fraction of sp³-hybridized carbons (Fsp3) is 0.292. The van der Waals surface area contributed by atoms with Gasteiger partial charge in [0.15, 0.2) is 0 Å². The number of carbonyl (C=O) groups excluding carboxylic acids is 1. The van der Waals surface area contributed by atoms with E-state index in [2.05, 4.69) is 26.8 Å². The van der Waals surface area contributed by atoms with Gasteiger partial charge in [0.25, 0.3) is 5.91 Å². The van der Waals surface area contributed by atoms with Gasteiger partial charge in [0.1, 0.15) is 0 Å². The molecule has 140 valence electrons. The highest BCUT2D eigenvalue weighted by Gasteiger charge is 2.18. The quantitative estimate of drug-likeness (QED) is 0.718. The summed E-state index contributed by atoms with van der Waals surface area (Å²) in [7, 11) is 1.81. The summed E-state index contributed by atoms with van der Waals surface area (Å²) in [6.45, 7) is 6.88. The van der Waals surface area contributed by atoms with E-state index < -0.39 is 0 Å². The number of amides is 1. The van der Waals surface area contributed by atoms with Gasteiger partial charge in [-0.1, -0.05) is 75.4 Å². The molecule has 27 heavy (non-hydrogen) atoms. The molecule has 1 N–H and O–H groups in total. The maximum absolute atomic E-state index is 13.1. The fourth-order valence-corrected chi connectivity index (χ4v) is 3.34. The SMILES string of the molecule is CN(Cc1ccc(C(C)(C)C)cc1CO)C(=O)c1cccc2ccccc12. The Kier molecular flexibility index (Phi) is 5.33. The van der Waals surface area contributed by atoms with Gasteiger partial charge in [0, 0.05) is 19.2 Å². The average molecular weight is 361 g/mol. The van der Waals surface area contributed by atoms with Crippen LogP contribution in [-0.2, 0) is 18.6 Å². The van der Waals surface area contributed by atoms with E-state index in [1.54, 1.807) is 4.90 Å². The van der Waals surface area contributed by atoms with Crippen LogP contribution in [0.3, 0.4) is 0 Å². The van der Waals surface area contributed by atoms with Gasteiger partial charge >= 0.3 is 0 Å². The van der Waals surface area contributed by atoms with Crippen molar-refractivity contribution in [3.63, 3.8) is 0 Å². The van der Waals surface area contributed by atoms with Crippen molar-refractivity contribution in [2.75, 3.05) is 7.05 Å².